The zero-order valence-electron chi connectivity index (χ0n) is 14.6. The van der Waals surface area contributed by atoms with Crippen molar-refractivity contribution in [3.63, 3.8) is 0 Å². The summed E-state index contributed by atoms with van der Waals surface area (Å²) in [5.41, 5.74) is 0.299. The summed E-state index contributed by atoms with van der Waals surface area (Å²) in [6, 6.07) is 0.292. The highest BCUT2D eigenvalue weighted by molar-refractivity contribution is 6.06. The van der Waals surface area contributed by atoms with Gasteiger partial charge >= 0.3 is 0 Å². The van der Waals surface area contributed by atoms with Crippen molar-refractivity contribution in [1.29, 1.82) is 0 Å². The zero-order valence-corrected chi connectivity index (χ0v) is 14.6. The van der Waals surface area contributed by atoms with Crippen molar-refractivity contribution in [3.05, 3.63) is 28.0 Å². The lowest BCUT2D eigenvalue weighted by molar-refractivity contribution is -0.0491. The van der Waals surface area contributed by atoms with Gasteiger partial charge in [-0.2, -0.15) is 0 Å². The third-order valence-electron chi connectivity index (χ3n) is 6.83. The summed E-state index contributed by atoms with van der Waals surface area (Å²) < 4.78 is 5.58. The van der Waals surface area contributed by atoms with Gasteiger partial charge in [0.05, 0.1) is 11.9 Å². The molecule has 0 saturated heterocycles. The number of rotatable bonds is 2. The van der Waals surface area contributed by atoms with Crippen molar-refractivity contribution in [2.45, 2.75) is 45.1 Å². The number of nitrogens with one attached hydrogen (secondary N) is 1. The summed E-state index contributed by atoms with van der Waals surface area (Å²) in [5, 5.41) is 0.278. The van der Waals surface area contributed by atoms with E-state index < -0.39 is 0 Å². The van der Waals surface area contributed by atoms with E-state index in [0.29, 0.717) is 29.2 Å². The molecule has 6 heteroatoms. The first-order valence-corrected chi connectivity index (χ1v) is 9.27. The van der Waals surface area contributed by atoms with Gasteiger partial charge in [-0.05, 0) is 62.7 Å². The number of carbonyl (C=O) groups excluding carboxylic acids is 1. The molecule has 4 saturated carbocycles. The molecule has 25 heavy (non-hydrogen) atoms. The van der Waals surface area contributed by atoms with Crippen LogP contribution in [0.2, 0.25) is 0 Å². The first-order chi connectivity index (χ1) is 12.0. The number of nitrogens with zero attached hydrogens (tertiary/aromatic N) is 2. The summed E-state index contributed by atoms with van der Waals surface area (Å²) >= 11 is 0. The maximum atomic E-state index is 13.3. The predicted octanol–water partition coefficient (Wildman–Crippen LogP) is 2.72. The summed E-state index contributed by atoms with van der Waals surface area (Å²) in [7, 11) is 1.90. The molecule has 0 spiro atoms. The average Bonchev–Trinajstić information content (AvgIpc) is 2.90. The van der Waals surface area contributed by atoms with Crippen molar-refractivity contribution in [3.8, 4) is 0 Å². The number of fused-ring (bicyclic) bond motifs is 1. The van der Waals surface area contributed by atoms with Crippen molar-refractivity contribution in [2.24, 2.45) is 23.7 Å². The molecule has 6 rings (SSSR count). The van der Waals surface area contributed by atoms with Crippen LogP contribution in [0.4, 0.5) is 0 Å². The van der Waals surface area contributed by atoms with E-state index in [9.17, 15) is 9.59 Å². The monoisotopic (exact) mass is 341 g/mol. The number of H-pyrrole nitrogens is 1. The maximum Gasteiger partial charge on any atom is 0.262 e. The van der Waals surface area contributed by atoms with Crippen LogP contribution < -0.4 is 5.56 Å². The van der Waals surface area contributed by atoms with Crippen molar-refractivity contribution < 1.29 is 9.21 Å². The van der Waals surface area contributed by atoms with Crippen LogP contribution in [0.5, 0.6) is 0 Å². The molecule has 4 fully saturated rings. The molecule has 1 N–H and O–H groups in total. The van der Waals surface area contributed by atoms with Gasteiger partial charge in [0, 0.05) is 13.1 Å². The highest BCUT2D eigenvalue weighted by atomic mass is 16.3. The van der Waals surface area contributed by atoms with Crippen LogP contribution >= 0.6 is 0 Å². The van der Waals surface area contributed by atoms with E-state index in [0.717, 1.165) is 11.8 Å². The molecule has 0 atom stereocenters. The Balaban J connectivity index is 1.53. The fourth-order valence-corrected chi connectivity index (χ4v) is 6.15. The van der Waals surface area contributed by atoms with Crippen LogP contribution in [0.1, 0.15) is 48.2 Å². The SMILES string of the molecule is Cc1oc2nc[nH]c(=O)c2c1C(=O)N(C)C1C2CC3CC(C2)CC1C3. The molecular formula is C19H23N3O3. The number of hydrogen-bond donors (Lipinski definition) is 1. The minimum atomic E-state index is -0.316. The number of aromatic amines is 1. The normalized spacial score (nSPS) is 33.1. The number of furan rings is 1. The Bertz CT molecular complexity index is 884. The Morgan fingerprint density at radius 1 is 1.20 bits per heavy atom. The number of hydrogen-bond acceptors (Lipinski definition) is 4. The second kappa shape index (κ2) is 5.19. The number of aryl methyl sites for hydroxylation is 1. The molecule has 2 aromatic rings. The highest BCUT2D eigenvalue weighted by Gasteiger charge is 2.50. The third-order valence-corrected chi connectivity index (χ3v) is 6.83. The zero-order chi connectivity index (χ0) is 17.3. The van der Waals surface area contributed by atoms with Gasteiger partial charge in [0.2, 0.25) is 5.71 Å². The highest BCUT2D eigenvalue weighted by Crippen LogP contribution is 2.55. The Morgan fingerprint density at radius 3 is 2.48 bits per heavy atom. The van der Waals surface area contributed by atoms with Gasteiger partial charge in [0.15, 0.2) is 0 Å². The van der Waals surface area contributed by atoms with Gasteiger partial charge in [-0.1, -0.05) is 0 Å². The molecular weight excluding hydrogens is 318 g/mol. The first kappa shape index (κ1) is 15.2. The van der Waals surface area contributed by atoms with E-state index in [2.05, 4.69) is 9.97 Å². The van der Waals surface area contributed by atoms with Gasteiger partial charge in [-0.3, -0.25) is 9.59 Å². The van der Waals surface area contributed by atoms with E-state index in [1.54, 1.807) is 6.92 Å². The Labute approximate surface area is 145 Å². The molecule has 132 valence electrons. The van der Waals surface area contributed by atoms with E-state index in [1.165, 1.54) is 38.4 Å². The van der Waals surface area contributed by atoms with E-state index in [-0.39, 0.29) is 22.6 Å². The van der Waals surface area contributed by atoms with Crippen molar-refractivity contribution in [2.75, 3.05) is 7.05 Å². The number of aromatic nitrogens is 2. The topological polar surface area (TPSA) is 79.2 Å². The minimum absolute atomic E-state index is 0.104. The largest absolute Gasteiger partial charge is 0.442 e. The van der Waals surface area contributed by atoms with Crippen LogP contribution in [0.3, 0.4) is 0 Å². The first-order valence-electron chi connectivity index (χ1n) is 9.27. The molecule has 4 bridgehead atoms. The quantitative estimate of drug-likeness (QED) is 0.911. The summed E-state index contributed by atoms with van der Waals surface area (Å²) in [4.78, 5) is 34.0. The second-order valence-electron chi connectivity index (χ2n) is 8.28. The summed E-state index contributed by atoms with van der Waals surface area (Å²) in [6.07, 6.45) is 7.71. The van der Waals surface area contributed by atoms with Gasteiger partial charge in [-0.25, -0.2) is 4.98 Å². The third kappa shape index (κ3) is 2.12. The molecule has 2 aromatic heterocycles. The maximum absolute atomic E-state index is 13.3. The lowest BCUT2D eigenvalue weighted by Gasteiger charge is -2.56. The summed E-state index contributed by atoms with van der Waals surface area (Å²) in [5.74, 6) is 3.32. The van der Waals surface area contributed by atoms with Crippen molar-refractivity contribution in [1.82, 2.24) is 14.9 Å². The van der Waals surface area contributed by atoms with Gasteiger partial charge in [-0.15, -0.1) is 0 Å². The minimum Gasteiger partial charge on any atom is -0.442 e. The molecule has 0 radical (unpaired) electrons. The Morgan fingerprint density at radius 2 is 1.84 bits per heavy atom. The van der Waals surface area contributed by atoms with E-state index in [1.807, 2.05) is 11.9 Å². The average molecular weight is 341 g/mol. The van der Waals surface area contributed by atoms with Crippen LogP contribution in [-0.2, 0) is 0 Å². The molecule has 0 aromatic carbocycles. The van der Waals surface area contributed by atoms with Crippen LogP contribution in [0, 0.1) is 30.6 Å². The van der Waals surface area contributed by atoms with E-state index in [4.69, 9.17) is 4.42 Å². The van der Waals surface area contributed by atoms with Gasteiger partial charge in [0.1, 0.15) is 11.1 Å². The molecule has 4 aliphatic rings. The lowest BCUT2D eigenvalue weighted by atomic mass is 9.54. The van der Waals surface area contributed by atoms with Crippen LogP contribution in [0.25, 0.3) is 11.1 Å². The standard InChI is InChI=1S/C19H23N3O3/c1-9-14(15-17(23)20-8-21-18(15)25-9)19(24)22(2)16-12-4-10-3-11(6-12)7-13(16)5-10/h8,10-13,16H,3-7H2,1-2H3,(H,20,21,23). The van der Waals surface area contributed by atoms with E-state index >= 15 is 0 Å². The lowest BCUT2D eigenvalue weighted by Crippen LogP contribution is -2.56. The second-order valence-corrected chi connectivity index (χ2v) is 8.28. The van der Waals surface area contributed by atoms with Crippen LogP contribution in [0.15, 0.2) is 15.5 Å². The fraction of sp³-hybridized carbons (Fsp3) is 0.632. The predicted molar refractivity (Wildman–Crippen MR) is 92.3 cm³/mol. The number of carbonyl (C=O) groups is 1. The molecule has 0 unspecified atom stereocenters. The smallest absolute Gasteiger partial charge is 0.262 e. The molecule has 4 aliphatic carbocycles. The summed E-state index contributed by atoms with van der Waals surface area (Å²) in [6.45, 7) is 1.74. The molecule has 6 nitrogen and oxygen atoms in total. The number of amides is 1. The van der Waals surface area contributed by atoms with Gasteiger partial charge in [0.25, 0.3) is 11.5 Å². The molecule has 0 aliphatic heterocycles. The van der Waals surface area contributed by atoms with Crippen molar-refractivity contribution >= 4 is 17.0 Å². The molecule has 2 heterocycles. The Hall–Kier alpha value is -2.11. The Kier molecular flexibility index (Phi) is 3.15. The molecule has 1 amide bonds. The fourth-order valence-electron chi connectivity index (χ4n) is 6.15. The van der Waals surface area contributed by atoms with Gasteiger partial charge < -0.3 is 14.3 Å². The van der Waals surface area contributed by atoms with Crippen LogP contribution in [-0.4, -0.2) is 33.9 Å².